The average molecular weight is 240 g/mol. The molecule has 4 heteroatoms. The monoisotopic (exact) mass is 240 g/mol. The van der Waals surface area contributed by atoms with Gasteiger partial charge in [-0.05, 0) is 44.7 Å². The predicted octanol–water partition coefficient (Wildman–Crippen LogP) is 1.01. The van der Waals surface area contributed by atoms with Crippen LogP contribution in [-0.2, 0) is 9.53 Å². The van der Waals surface area contributed by atoms with Gasteiger partial charge in [0.2, 0.25) is 5.91 Å². The molecule has 0 aromatic heterocycles. The highest BCUT2D eigenvalue weighted by atomic mass is 16.5. The van der Waals surface area contributed by atoms with Gasteiger partial charge in [0, 0.05) is 13.2 Å². The van der Waals surface area contributed by atoms with Crippen molar-refractivity contribution in [3.63, 3.8) is 0 Å². The van der Waals surface area contributed by atoms with Gasteiger partial charge in [-0.3, -0.25) is 9.69 Å². The van der Waals surface area contributed by atoms with Gasteiger partial charge in [0.25, 0.3) is 0 Å². The second kappa shape index (κ2) is 6.36. The fraction of sp³-hybridized carbons (Fsp3) is 0.923. The molecule has 0 saturated carbocycles. The molecule has 0 aliphatic carbocycles. The molecule has 1 N–H and O–H groups in total. The summed E-state index contributed by atoms with van der Waals surface area (Å²) in [4.78, 5) is 14.0. The Labute approximate surface area is 104 Å². The molecule has 0 radical (unpaired) electrons. The van der Waals surface area contributed by atoms with Crippen LogP contribution in [0.3, 0.4) is 0 Å². The Kier molecular flexibility index (Phi) is 4.80. The SMILES string of the molecule is CC1CCN(CC(=O)NC[C@@H]2CCCO2)CC1. The summed E-state index contributed by atoms with van der Waals surface area (Å²) < 4.78 is 5.48. The van der Waals surface area contributed by atoms with E-state index in [-0.39, 0.29) is 12.0 Å². The van der Waals surface area contributed by atoms with Crippen molar-refractivity contribution in [1.29, 1.82) is 0 Å². The second-order valence-electron chi connectivity index (χ2n) is 5.40. The molecule has 4 nitrogen and oxygen atoms in total. The molecule has 2 rings (SSSR count). The van der Waals surface area contributed by atoms with Gasteiger partial charge in [0.15, 0.2) is 0 Å². The van der Waals surface area contributed by atoms with Gasteiger partial charge in [-0.1, -0.05) is 6.92 Å². The predicted molar refractivity (Wildman–Crippen MR) is 66.8 cm³/mol. The van der Waals surface area contributed by atoms with E-state index in [4.69, 9.17) is 4.74 Å². The highest BCUT2D eigenvalue weighted by molar-refractivity contribution is 5.78. The van der Waals surface area contributed by atoms with E-state index in [1.807, 2.05) is 0 Å². The van der Waals surface area contributed by atoms with Crippen LogP contribution in [-0.4, -0.2) is 49.7 Å². The van der Waals surface area contributed by atoms with Crippen molar-refractivity contribution >= 4 is 5.91 Å². The number of hydrogen-bond acceptors (Lipinski definition) is 3. The smallest absolute Gasteiger partial charge is 0.234 e. The molecule has 1 amide bonds. The quantitative estimate of drug-likeness (QED) is 0.797. The van der Waals surface area contributed by atoms with Gasteiger partial charge >= 0.3 is 0 Å². The van der Waals surface area contributed by atoms with Crippen molar-refractivity contribution in [1.82, 2.24) is 10.2 Å². The molecule has 0 aromatic rings. The van der Waals surface area contributed by atoms with E-state index < -0.39 is 0 Å². The lowest BCUT2D eigenvalue weighted by Crippen LogP contribution is -2.42. The number of nitrogens with zero attached hydrogens (tertiary/aromatic N) is 1. The van der Waals surface area contributed by atoms with E-state index in [1.165, 1.54) is 12.8 Å². The molecule has 0 aromatic carbocycles. The second-order valence-corrected chi connectivity index (χ2v) is 5.40. The fourth-order valence-electron chi connectivity index (χ4n) is 2.51. The van der Waals surface area contributed by atoms with Crippen molar-refractivity contribution in [3.8, 4) is 0 Å². The maximum Gasteiger partial charge on any atom is 0.234 e. The number of piperidine rings is 1. The Balaban J connectivity index is 1.60. The first-order chi connectivity index (χ1) is 8.24. The minimum Gasteiger partial charge on any atom is -0.376 e. The van der Waals surface area contributed by atoms with Crippen molar-refractivity contribution < 1.29 is 9.53 Å². The first-order valence-electron chi connectivity index (χ1n) is 6.84. The molecule has 0 bridgehead atoms. The summed E-state index contributed by atoms with van der Waals surface area (Å²) in [7, 11) is 0. The van der Waals surface area contributed by atoms with E-state index >= 15 is 0 Å². The minimum absolute atomic E-state index is 0.148. The van der Waals surface area contributed by atoms with Crippen molar-refractivity contribution in [2.45, 2.75) is 38.7 Å². The zero-order valence-corrected chi connectivity index (χ0v) is 10.8. The Morgan fingerprint density at radius 2 is 2.12 bits per heavy atom. The largest absolute Gasteiger partial charge is 0.376 e. The van der Waals surface area contributed by atoms with Gasteiger partial charge in [0.1, 0.15) is 0 Å². The summed E-state index contributed by atoms with van der Waals surface area (Å²) in [6, 6.07) is 0. The first-order valence-corrected chi connectivity index (χ1v) is 6.84. The summed E-state index contributed by atoms with van der Waals surface area (Å²) in [5, 5.41) is 2.98. The Morgan fingerprint density at radius 1 is 1.35 bits per heavy atom. The normalized spacial score (nSPS) is 27.2. The number of hydrogen-bond donors (Lipinski definition) is 1. The van der Waals surface area contributed by atoms with Crippen LogP contribution in [0.15, 0.2) is 0 Å². The van der Waals surface area contributed by atoms with Crippen LogP contribution in [0.1, 0.15) is 32.6 Å². The molecule has 17 heavy (non-hydrogen) atoms. The van der Waals surface area contributed by atoms with Gasteiger partial charge < -0.3 is 10.1 Å². The van der Waals surface area contributed by atoms with Crippen molar-refractivity contribution in [2.75, 3.05) is 32.8 Å². The van der Waals surface area contributed by atoms with Crippen LogP contribution in [0.2, 0.25) is 0 Å². The molecule has 98 valence electrons. The topological polar surface area (TPSA) is 41.6 Å². The minimum atomic E-state index is 0.148. The Bertz CT molecular complexity index is 244. The van der Waals surface area contributed by atoms with Crippen LogP contribution < -0.4 is 5.32 Å². The Hall–Kier alpha value is -0.610. The van der Waals surface area contributed by atoms with Crippen LogP contribution in [0, 0.1) is 5.92 Å². The Morgan fingerprint density at radius 3 is 2.76 bits per heavy atom. The zero-order valence-electron chi connectivity index (χ0n) is 10.8. The highest BCUT2D eigenvalue weighted by Gasteiger charge is 2.19. The molecule has 2 aliphatic heterocycles. The maximum absolute atomic E-state index is 11.7. The molecule has 0 spiro atoms. The van der Waals surface area contributed by atoms with Gasteiger partial charge in [-0.15, -0.1) is 0 Å². The number of carbonyl (C=O) groups excluding carboxylic acids is 1. The number of likely N-dealkylation sites (tertiary alicyclic amines) is 1. The highest BCUT2D eigenvalue weighted by Crippen LogP contribution is 2.15. The van der Waals surface area contributed by atoms with E-state index in [2.05, 4.69) is 17.1 Å². The van der Waals surface area contributed by atoms with Crippen LogP contribution in [0.5, 0.6) is 0 Å². The number of amides is 1. The van der Waals surface area contributed by atoms with Gasteiger partial charge in [0.05, 0.1) is 12.6 Å². The summed E-state index contributed by atoms with van der Waals surface area (Å²) in [5.41, 5.74) is 0. The molecule has 2 fully saturated rings. The fourth-order valence-corrected chi connectivity index (χ4v) is 2.51. The maximum atomic E-state index is 11.7. The van der Waals surface area contributed by atoms with Crippen LogP contribution in [0.4, 0.5) is 0 Å². The number of rotatable bonds is 4. The van der Waals surface area contributed by atoms with Crippen LogP contribution in [0.25, 0.3) is 0 Å². The number of ether oxygens (including phenoxy) is 1. The number of carbonyl (C=O) groups is 1. The van der Waals surface area contributed by atoms with E-state index in [9.17, 15) is 4.79 Å². The third-order valence-corrected chi connectivity index (χ3v) is 3.79. The van der Waals surface area contributed by atoms with Crippen molar-refractivity contribution in [3.05, 3.63) is 0 Å². The summed E-state index contributed by atoms with van der Waals surface area (Å²) in [5.74, 6) is 0.969. The summed E-state index contributed by atoms with van der Waals surface area (Å²) in [6.45, 7) is 6.50. The lowest BCUT2D eigenvalue weighted by atomic mass is 9.99. The van der Waals surface area contributed by atoms with Crippen molar-refractivity contribution in [2.24, 2.45) is 5.92 Å². The zero-order chi connectivity index (χ0) is 12.1. The summed E-state index contributed by atoms with van der Waals surface area (Å²) >= 11 is 0. The molecule has 0 unspecified atom stereocenters. The molecule has 2 aliphatic rings. The molecular weight excluding hydrogens is 216 g/mol. The third-order valence-electron chi connectivity index (χ3n) is 3.79. The lowest BCUT2D eigenvalue weighted by molar-refractivity contribution is -0.123. The molecule has 2 heterocycles. The third kappa shape index (κ3) is 4.28. The molecular formula is C13H24N2O2. The van der Waals surface area contributed by atoms with Gasteiger partial charge in [-0.25, -0.2) is 0 Å². The average Bonchev–Trinajstić information content (AvgIpc) is 2.83. The van der Waals surface area contributed by atoms with E-state index in [1.54, 1.807) is 0 Å². The first kappa shape index (κ1) is 12.8. The van der Waals surface area contributed by atoms with E-state index in [0.717, 1.165) is 38.5 Å². The van der Waals surface area contributed by atoms with Gasteiger partial charge in [-0.2, -0.15) is 0 Å². The number of nitrogens with one attached hydrogen (secondary N) is 1. The lowest BCUT2D eigenvalue weighted by Gasteiger charge is -2.29. The molecule has 1 atom stereocenters. The van der Waals surface area contributed by atoms with Crippen LogP contribution >= 0.6 is 0 Å². The summed E-state index contributed by atoms with van der Waals surface area (Å²) in [6.07, 6.45) is 4.91. The molecule has 2 saturated heterocycles. The standard InChI is InChI=1S/C13H24N2O2/c1-11-4-6-15(7-5-11)10-13(16)14-9-12-3-2-8-17-12/h11-12H,2-10H2,1H3,(H,14,16)/t12-/m0/s1. The van der Waals surface area contributed by atoms with E-state index in [0.29, 0.717) is 13.1 Å².